The van der Waals surface area contributed by atoms with Gasteiger partial charge in [0, 0.05) is 5.92 Å². The minimum Gasteiger partial charge on any atom is -0.506 e. The van der Waals surface area contributed by atoms with E-state index in [0.717, 1.165) is 23.6 Å². The molecule has 4 N–H and O–H groups in total. The van der Waals surface area contributed by atoms with Crippen LogP contribution in [0.5, 0.6) is 5.75 Å². The molecule has 1 atom stereocenters. The highest BCUT2D eigenvalue weighted by atomic mass is 32.2. The fourth-order valence-electron chi connectivity index (χ4n) is 3.56. The van der Waals surface area contributed by atoms with Crippen LogP contribution in [0.2, 0.25) is 0 Å². The molecule has 2 aromatic rings. The Morgan fingerprint density at radius 3 is 2.47 bits per heavy atom. The quantitative estimate of drug-likeness (QED) is 0.520. The molecule has 9 heteroatoms. The number of anilines is 1. The molecule has 0 bridgehead atoms. The monoisotopic (exact) mass is 431 g/mol. The van der Waals surface area contributed by atoms with Gasteiger partial charge >= 0.3 is 10.2 Å². The molecule has 0 radical (unpaired) electrons. The molecular weight excluding hydrogens is 406 g/mol. The van der Waals surface area contributed by atoms with Crippen molar-refractivity contribution in [3.63, 3.8) is 0 Å². The van der Waals surface area contributed by atoms with Crippen LogP contribution >= 0.6 is 0 Å². The van der Waals surface area contributed by atoms with Gasteiger partial charge in [-0.3, -0.25) is 9.59 Å². The van der Waals surface area contributed by atoms with Crippen LogP contribution in [-0.4, -0.2) is 31.9 Å². The van der Waals surface area contributed by atoms with Gasteiger partial charge in [-0.05, 0) is 48.9 Å². The Hall–Kier alpha value is -3.07. The van der Waals surface area contributed by atoms with Gasteiger partial charge < -0.3 is 10.8 Å². The summed E-state index contributed by atoms with van der Waals surface area (Å²) in [6.07, 6.45) is 3.68. The lowest BCUT2D eigenvalue weighted by molar-refractivity contribution is -0.122. The summed E-state index contributed by atoms with van der Waals surface area (Å²) in [7, 11) is -4.00. The first-order valence-corrected chi connectivity index (χ1v) is 11.2. The van der Waals surface area contributed by atoms with E-state index in [2.05, 4.69) is 12.1 Å². The molecule has 2 aromatic carbocycles. The first-order valence-electron chi connectivity index (χ1n) is 9.74. The Morgan fingerprint density at radius 1 is 1.13 bits per heavy atom. The van der Waals surface area contributed by atoms with Crippen molar-refractivity contribution in [3.8, 4) is 5.75 Å². The number of nitrogens with one attached hydrogen (secondary N) is 1. The summed E-state index contributed by atoms with van der Waals surface area (Å²) < 4.78 is 26.6. The summed E-state index contributed by atoms with van der Waals surface area (Å²) in [5.41, 5.74) is 7.49. The van der Waals surface area contributed by atoms with Gasteiger partial charge in [0.15, 0.2) is 0 Å². The fraction of sp³-hybridized carbons (Fsp3) is 0.333. The summed E-state index contributed by atoms with van der Waals surface area (Å²) in [6.45, 7) is -0.388. The van der Waals surface area contributed by atoms with Gasteiger partial charge in [-0.2, -0.15) is 8.42 Å². The average Bonchev–Trinajstić information content (AvgIpc) is 2.96. The number of rotatable bonds is 9. The van der Waals surface area contributed by atoms with Crippen molar-refractivity contribution >= 4 is 27.7 Å². The first-order chi connectivity index (χ1) is 14.3. The molecule has 160 valence electrons. The van der Waals surface area contributed by atoms with Gasteiger partial charge in [0.05, 0.1) is 5.69 Å². The number of primary amides is 1. The van der Waals surface area contributed by atoms with Crippen LogP contribution in [0.25, 0.3) is 0 Å². The molecule has 30 heavy (non-hydrogen) atoms. The molecule has 8 nitrogen and oxygen atoms in total. The van der Waals surface area contributed by atoms with E-state index in [4.69, 9.17) is 5.73 Å². The highest BCUT2D eigenvalue weighted by molar-refractivity contribution is 7.92. The van der Waals surface area contributed by atoms with Crippen molar-refractivity contribution in [1.82, 2.24) is 4.72 Å². The van der Waals surface area contributed by atoms with E-state index in [1.165, 1.54) is 17.7 Å². The molecule has 1 fully saturated rings. The van der Waals surface area contributed by atoms with Crippen LogP contribution in [0, 0.1) is 5.92 Å². The van der Waals surface area contributed by atoms with Gasteiger partial charge in [0.25, 0.3) is 5.91 Å². The van der Waals surface area contributed by atoms with E-state index in [1.54, 1.807) is 6.07 Å². The Labute approximate surface area is 175 Å². The number of nitrogens with two attached hydrogens (primary N) is 1. The summed E-state index contributed by atoms with van der Waals surface area (Å²) in [5.74, 6) is -1.73. The summed E-state index contributed by atoms with van der Waals surface area (Å²) >= 11 is 0. The number of amides is 2. The van der Waals surface area contributed by atoms with Crippen LogP contribution < -0.4 is 14.8 Å². The third-order valence-corrected chi connectivity index (χ3v) is 6.52. The summed E-state index contributed by atoms with van der Waals surface area (Å²) in [5, 5.41) is 10.3. The number of phenols is 1. The molecule has 1 heterocycles. The van der Waals surface area contributed by atoms with Crippen molar-refractivity contribution in [2.45, 2.75) is 32.1 Å². The average molecular weight is 432 g/mol. The topological polar surface area (TPSA) is 130 Å². The van der Waals surface area contributed by atoms with Crippen molar-refractivity contribution in [2.24, 2.45) is 11.7 Å². The maximum Gasteiger partial charge on any atom is 0.326 e. The molecule has 1 saturated heterocycles. The van der Waals surface area contributed by atoms with E-state index in [1.807, 2.05) is 22.9 Å². The lowest BCUT2D eigenvalue weighted by Crippen LogP contribution is -2.29. The molecule has 0 spiro atoms. The van der Waals surface area contributed by atoms with Crippen molar-refractivity contribution in [1.29, 1.82) is 0 Å². The van der Waals surface area contributed by atoms with Crippen LogP contribution in [-0.2, 0) is 32.6 Å². The number of nitrogens with zero attached hydrogens (tertiary/aromatic N) is 1. The van der Waals surface area contributed by atoms with Crippen molar-refractivity contribution in [2.75, 3.05) is 10.8 Å². The minimum atomic E-state index is -4.00. The number of hydrogen-bond acceptors (Lipinski definition) is 5. The van der Waals surface area contributed by atoms with E-state index in [-0.39, 0.29) is 23.9 Å². The molecular formula is C21H25N3O5S. The molecule has 3 rings (SSSR count). The lowest BCUT2D eigenvalue weighted by Gasteiger charge is -2.18. The second-order valence-electron chi connectivity index (χ2n) is 7.39. The first kappa shape index (κ1) is 21.6. The van der Waals surface area contributed by atoms with E-state index < -0.39 is 22.0 Å². The predicted molar refractivity (Wildman–Crippen MR) is 113 cm³/mol. The highest BCUT2D eigenvalue weighted by Crippen LogP contribution is 2.32. The Morgan fingerprint density at radius 2 is 1.87 bits per heavy atom. The second-order valence-corrected chi connectivity index (χ2v) is 8.99. The summed E-state index contributed by atoms with van der Waals surface area (Å²) in [4.78, 5) is 23.3. The maximum absolute atomic E-state index is 11.9. The highest BCUT2D eigenvalue weighted by Gasteiger charge is 2.35. The molecule has 1 unspecified atom stereocenters. The molecule has 0 saturated carbocycles. The molecule has 0 aromatic heterocycles. The third-order valence-electron chi connectivity index (χ3n) is 5.12. The largest absolute Gasteiger partial charge is 0.506 e. The second kappa shape index (κ2) is 9.17. The fourth-order valence-corrected chi connectivity index (χ4v) is 4.73. The Bertz CT molecular complexity index is 1020. The number of phenolic OH excluding ortho intramolecular Hbond substituents is 1. The van der Waals surface area contributed by atoms with Crippen LogP contribution in [0.15, 0.2) is 48.5 Å². The van der Waals surface area contributed by atoms with E-state index in [9.17, 15) is 23.1 Å². The zero-order valence-electron chi connectivity index (χ0n) is 16.5. The normalized spacial score (nSPS) is 16.3. The lowest BCUT2D eigenvalue weighted by atomic mass is 9.92. The minimum absolute atomic E-state index is 0.00980. The number of benzene rings is 2. The molecule has 1 aliphatic heterocycles. The van der Waals surface area contributed by atoms with Crippen LogP contribution in [0.1, 0.15) is 30.4 Å². The zero-order valence-corrected chi connectivity index (χ0v) is 17.3. The van der Waals surface area contributed by atoms with Gasteiger partial charge in [0.2, 0.25) is 5.91 Å². The number of hydrogen-bond donors (Lipinski definition) is 3. The van der Waals surface area contributed by atoms with Gasteiger partial charge in [0.1, 0.15) is 12.3 Å². The number of aryl methyl sites for hydroxylation is 1. The van der Waals surface area contributed by atoms with E-state index in [0.29, 0.717) is 18.4 Å². The molecule has 2 amide bonds. The third kappa shape index (κ3) is 5.29. The zero-order chi connectivity index (χ0) is 21.7. The Kier molecular flexibility index (Phi) is 6.61. The predicted octanol–water partition coefficient (Wildman–Crippen LogP) is 1.63. The van der Waals surface area contributed by atoms with Gasteiger partial charge in [-0.25, -0.2) is 9.03 Å². The maximum atomic E-state index is 11.9. The smallest absolute Gasteiger partial charge is 0.326 e. The molecule has 1 aliphatic rings. The number of carbonyl (C=O) groups excluding carboxylic acids is 2. The SMILES string of the molecule is NC(=O)C(CCCCc1ccccc1)Cc1ccc(N2CC(=O)NS2(=O)=O)c(O)c1. The van der Waals surface area contributed by atoms with Crippen LogP contribution in [0.4, 0.5) is 5.69 Å². The van der Waals surface area contributed by atoms with Crippen molar-refractivity contribution < 1.29 is 23.1 Å². The number of unbranched alkanes of at least 4 members (excludes halogenated alkanes) is 1. The van der Waals surface area contributed by atoms with Gasteiger partial charge in [-0.15, -0.1) is 0 Å². The van der Waals surface area contributed by atoms with Crippen LogP contribution in [0.3, 0.4) is 0 Å². The number of aromatic hydroxyl groups is 1. The van der Waals surface area contributed by atoms with Crippen molar-refractivity contribution in [3.05, 3.63) is 59.7 Å². The number of carbonyl (C=O) groups is 2. The Balaban J connectivity index is 1.61. The van der Waals surface area contributed by atoms with Gasteiger partial charge in [-0.1, -0.05) is 42.8 Å². The summed E-state index contributed by atoms with van der Waals surface area (Å²) in [6, 6.07) is 14.6. The van der Waals surface area contributed by atoms with E-state index >= 15 is 0 Å². The standard InChI is InChI=1S/C21H25N3O5S/c22-21(27)17(9-5-4-8-15-6-2-1-3-7-15)12-16-10-11-18(19(25)13-16)24-14-20(26)23-30(24,28)29/h1-3,6-7,10-11,13,17,25H,4-5,8-9,12,14H2,(H2,22,27)(H,23,26). The molecule has 0 aliphatic carbocycles.